The van der Waals surface area contributed by atoms with Gasteiger partial charge in [0.05, 0.1) is 5.69 Å². The van der Waals surface area contributed by atoms with E-state index >= 15 is 0 Å². The van der Waals surface area contributed by atoms with Crippen LogP contribution in [0.5, 0.6) is 0 Å². The van der Waals surface area contributed by atoms with Gasteiger partial charge in [-0.1, -0.05) is 0 Å². The van der Waals surface area contributed by atoms with E-state index in [4.69, 9.17) is 0 Å². The molecule has 0 saturated carbocycles. The quantitative estimate of drug-likeness (QED) is 0.794. The van der Waals surface area contributed by atoms with Gasteiger partial charge in [-0.05, 0) is 35.5 Å². The van der Waals surface area contributed by atoms with Crippen LogP contribution >= 0.6 is 0 Å². The Labute approximate surface area is 108 Å². The Hall–Kier alpha value is -2.63. The maximum absolute atomic E-state index is 12.9. The maximum Gasteiger partial charge on any atom is 0.229 e. The first-order chi connectivity index (χ1) is 9.11. The molecule has 1 amide bonds. The number of rotatable bonds is 3. The van der Waals surface area contributed by atoms with Crippen LogP contribution in [0.15, 0.2) is 47.8 Å². The smallest absolute Gasteiger partial charge is 0.229 e. The number of nitrogens with zero attached hydrogens (tertiary/aromatic N) is 3. The molecule has 0 fully saturated rings. The molecule has 0 N–H and O–H groups in total. The first-order valence-electron chi connectivity index (χ1n) is 5.47. The van der Waals surface area contributed by atoms with Crippen LogP contribution in [-0.4, -0.2) is 10.9 Å². The molecule has 19 heavy (non-hydrogen) atoms. The predicted octanol–water partition coefficient (Wildman–Crippen LogP) is 3.30. The second-order valence-electron chi connectivity index (χ2n) is 3.79. The Bertz CT molecular complexity index is 614. The number of amides is 1. The zero-order valence-electron chi connectivity index (χ0n) is 10.1. The number of aromatic nitrogens is 1. The van der Waals surface area contributed by atoms with E-state index < -0.39 is 5.82 Å². The molecule has 0 radical (unpaired) electrons. The van der Waals surface area contributed by atoms with E-state index in [1.165, 1.54) is 54.4 Å². The van der Waals surface area contributed by atoms with Gasteiger partial charge in [0, 0.05) is 19.2 Å². The van der Waals surface area contributed by atoms with Gasteiger partial charge in [-0.3, -0.25) is 9.69 Å². The summed E-state index contributed by atoms with van der Waals surface area (Å²) in [4.78, 5) is 27.5. The highest BCUT2D eigenvalue weighted by molar-refractivity contribution is 5.98. The largest absolute Gasteiger partial charge is 0.274 e. The summed E-state index contributed by atoms with van der Waals surface area (Å²) in [5.41, 5.74) is 0.628. The molecule has 1 aromatic carbocycles. The number of carbonyl (C=O) groups is 1. The third-order valence-electron chi connectivity index (χ3n) is 2.46. The van der Waals surface area contributed by atoms with Gasteiger partial charge in [0.2, 0.25) is 5.91 Å². The Kier molecular flexibility index (Phi) is 3.61. The van der Waals surface area contributed by atoms with Gasteiger partial charge in [-0.25, -0.2) is 9.37 Å². The average molecular weight is 259 g/mol. The second kappa shape index (κ2) is 5.34. The molecule has 0 aliphatic heterocycles. The fourth-order valence-electron chi connectivity index (χ4n) is 1.65. The van der Waals surface area contributed by atoms with Gasteiger partial charge in [0.15, 0.2) is 0 Å². The normalized spacial score (nSPS) is 10.0. The van der Waals surface area contributed by atoms with Crippen LogP contribution in [0.3, 0.4) is 0 Å². The SMILES string of the molecule is CC(=O)N(c1ccc(F)cc1)c1cc(N=O)ccn1. The molecule has 0 bridgehead atoms. The molecule has 96 valence electrons. The van der Waals surface area contributed by atoms with Gasteiger partial charge in [0.25, 0.3) is 0 Å². The van der Waals surface area contributed by atoms with Crippen molar-refractivity contribution in [2.75, 3.05) is 4.90 Å². The molecule has 2 aromatic rings. The lowest BCUT2D eigenvalue weighted by molar-refractivity contribution is -0.115. The molecular weight excluding hydrogens is 249 g/mol. The first-order valence-corrected chi connectivity index (χ1v) is 5.47. The maximum atomic E-state index is 12.9. The fourth-order valence-corrected chi connectivity index (χ4v) is 1.65. The number of pyridine rings is 1. The minimum Gasteiger partial charge on any atom is -0.274 e. The van der Waals surface area contributed by atoms with Gasteiger partial charge < -0.3 is 0 Å². The Morgan fingerprint density at radius 2 is 1.95 bits per heavy atom. The van der Waals surface area contributed by atoms with Crippen LogP contribution < -0.4 is 4.90 Å². The van der Waals surface area contributed by atoms with Gasteiger partial charge >= 0.3 is 0 Å². The molecule has 1 heterocycles. The van der Waals surface area contributed by atoms with Crippen molar-refractivity contribution in [1.82, 2.24) is 4.98 Å². The average Bonchev–Trinajstić information content (AvgIpc) is 2.41. The number of hydrogen-bond donors (Lipinski definition) is 0. The molecule has 2 rings (SSSR count). The van der Waals surface area contributed by atoms with Gasteiger partial charge in [0.1, 0.15) is 17.3 Å². The van der Waals surface area contributed by atoms with Crippen LogP contribution in [0.2, 0.25) is 0 Å². The molecule has 1 aromatic heterocycles. The molecule has 6 heteroatoms. The highest BCUT2D eigenvalue weighted by atomic mass is 19.1. The van der Waals surface area contributed by atoms with Crippen molar-refractivity contribution < 1.29 is 9.18 Å². The Balaban J connectivity index is 2.47. The summed E-state index contributed by atoms with van der Waals surface area (Å²) in [5, 5.41) is 2.79. The monoisotopic (exact) mass is 259 g/mol. The topological polar surface area (TPSA) is 62.6 Å². The van der Waals surface area contributed by atoms with Crippen molar-refractivity contribution in [3.63, 3.8) is 0 Å². The zero-order chi connectivity index (χ0) is 13.8. The van der Waals surface area contributed by atoms with Crippen molar-refractivity contribution in [2.24, 2.45) is 5.18 Å². The van der Waals surface area contributed by atoms with Crippen molar-refractivity contribution in [3.8, 4) is 0 Å². The zero-order valence-corrected chi connectivity index (χ0v) is 10.1. The van der Waals surface area contributed by atoms with Crippen LogP contribution in [0.4, 0.5) is 21.6 Å². The summed E-state index contributed by atoms with van der Waals surface area (Å²) >= 11 is 0. The van der Waals surface area contributed by atoms with E-state index in [1.807, 2.05) is 0 Å². The summed E-state index contributed by atoms with van der Waals surface area (Å²) in [5.74, 6) is -0.443. The van der Waals surface area contributed by atoms with Crippen molar-refractivity contribution in [3.05, 3.63) is 53.3 Å². The van der Waals surface area contributed by atoms with E-state index in [9.17, 15) is 14.1 Å². The molecule has 0 atom stereocenters. The summed E-state index contributed by atoms with van der Waals surface area (Å²) in [6.07, 6.45) is 1.38. The number of nitroso groups, excluding NO2 is 1. The molecule has 0 aliphatic carbocycles. The van der Waals surface area contributed by atoms with E-state index in [1.54, 1.807) is 0 Å². The lowest BCUT2D eigenvalue weighted by atomic mass is 10.2. The Morgan fingerprint density at radius 1 is 1.26 bits per heavy atom. The molecule has 0 spiro atoms. The fraction of sp³-hybridized carbons (Fsp3) is 0.0769. The molecular formula is C13H10FN3O2. The number of hydrogen-bond acceptors (Lipinski definition) is 4. The third-order valence-corrected chi connectivity index (χ3v) is 2.46. The lowest BCUT2D eigenvalue weighted by Gasteiger charge is -2.20. The standard InChI is InChI=1S/C13H10FN3O2/c1-9(18)17(12-4-2-10(14)3-5-12)13-8-11(16-19)6-7-15-13/h2-8H,1H3. The van der Waals surface area contributed by atoms with Crippen molar-refractivity contribution in [2.45, 2.75) is 6.92 Å². The molecule has 5 nitrogen and oxygen atoms in total. The molecule has 0 aliphatic rings. The number of halogens is 1. The number of benzene rings is 1. The summed E-state index contributed by atoms with van der Waals surface area (Å²) in [6, 6.07) is 8.22. The van der Waals surface area contributed by atoms with Crippen LogP contribution in [0.1, 0.15) is 6.92 Å². The summed E-state index contributed by atoms with van der Waals surface area (Å²) in [6.45, 7) is 1.35. The number of anilines is 2. The Morgan fingerprint density at radius 3 is 2.53 bits per heavy atom. The summed E-state index contributed by atoms with van der Waals surface area (Å²) < 4.78 is 12.9. The number of carbonyl (C=O) groups excluding carboxylic acids is 1. The van der Waals surface area contributed by atoms with Gasteiger partial charge in [-0.2, -0.15) is 0 Å². The van der Waals surface area contributed by atoms with Crippen LogP contribution in [0.25, 0.3) is 0 Å². The van der Waals surface area contributed by atoms with E-state index in [-0.39, 0.29) is 17.4 Å². The predicted molar refractivity (Wildman–Crippen MR) is 68.9 cm³/mol. The van der Waals surface area contributed by atoms with Crippen molar-refractivity contribution in [1.29, 1.82) is 0 Å². The van der Waals surface area contributed by atoms with Crippen LogP contribution in [-0.2, 0) is 4.79 Å². The minimum absolute atomic E-state index is 0.165. The van der Waals surface area contributed by atoms with E-state index in [2.05, 4.69) is 10.2 Å². The van der Waals surface area contributed by atoms with Crippen molar-refractivity contribution >= 4 is 23.1 Å². The van der Waals surface area contributed by atoms with E-state index in [0.29, 0.717) is 5.69 Å². The highest BCUT2D eigenvalue weighted by Crippen LogP contribution is 2.26. The highest BCUT2D eigenvalue weighted by Gasteiger charge is 2.16. The molecule has 0 saturated heterocycles. The minimum atomic E-state index is -0.400. The first kappa shape index (κ1) is 12.8. The molecule has 0 unspecified atom stereocenters. The summed E-state index contributed by atoms with van der Waals surface area (Å²) in [7, 11) is 0. The second-order valence-corrected chi connectivity index (χ2v) is 3.79. The van der Waals surface area contributed by atoms with Gasteiger partial charge in [-0.15, -0.1) is 4.91 Å². The third kappa shape index (κ3) is 2.79. The lowest BCUT2D eigenvalue weighted by Crippen LogP contribution is -2.23. The van der Waals surface area contributed by atoms with E-state index in [0.717, 1.165) is 0 Å². The van der Waals surface area contributed by atoms with Crippen LogP contribution in [0, 0.1) is 10.7 Å².